The predicted octanol–water partition coefficient (Wildman–Crippen LogP) is -2.11. The monoisotopic (exact) mass is 397 g/mol. The molecule has 1 saturated carbocycles. The van der Waals surface area contributed by atoms with E-state index in [1.165, 1.54) is 0 Å². The van der Waals surface area contributed by atoms with Crippen molar-refractivity contribution in [1.29, 1.82) is 0 Å². The van der Waals surface area contributed by atoms with Crippen LogP contribution in [0.1, 0.15) is 25.7 Å². The van der Waals surface area contributed by atoms with Gasteiger partial charge in [-0.25, -0.2) is 8.42 Å². The number of rotatable bonds is 5. The molecule has 0 aromatic carbocycles. The van der Waals surface area contributed by atoms with Gasteiger partial charge in [0.05, 0.1) is 15.9 Å². The van der Waals surface area contributed by atoms with Gasteiger partial charge < -0.3 is 9.87 Å². The molecule has 0 atom stereocenters. The van der Waals surface area contributed by atoms with Gasteiger partial charge in [0, 0.05) is 16.9 Å². The van der Waals surface area contributed by atoms with E-state index in [2.05, 4.69) is 27.9 Å². The largest absolute Gasteiger partial charge is 1.00 e. The summed E-state index contributed by atoms with van der Waals surface area (Å²) >= 11 is 2.36. The summed E-state index contributed by atoms with van der Waals surface area (Å²) in [5.74, 6) is 0.0627. The summed E-state index contributed by atoms with van der Waals surface area (Å²) in [7, 11) is -4.23. The molecule has 1 N–H and O–H groups in total. The molecular weight excluding hydrogens is 380 g/mol. The molecule has 1 rings (SSSR count). The van der Waals surface area contributed by atoms with Gasteiger partial charge in [-0.3, -0.25) is 4.79 Å². The molecule has 8 heteroatoms. The summed E-state index contributed by atoms with van der Waals surface area (Å²) in [4.78, 5) is 11.7. The summed E-state index contributed by atoms with van der Waals surface area (Å²) in [5.41, 5.74) is 0. The third-order valence-corrected chi connectivity index (χ3v) is 5.04. The molecule has 100 valence electrons. The standard InChI is InChI=1S/C10H18INO4S.Na/c11-7-8-1-3-9(4-2-8)10(13)12-5-6-17(14,15)16;/h8-9H,1-7H2,(H,12,13)(H,14,15,16);/q;+1/p-1. The maximum atomic E-state index is 11.7. The van der Waals surface area contributed by atoms with E-state index in [1.807, 2.05) is 0 Å². The quantitative estimate of drug-likeness (QED) is 0.249. The third-order valence-electron chi connectivity index (χ3n) is 3.09. The number of amides is 1. The van der Waals surface area contributed by atoms with E-state index < -0.39 is 15.9 Å². The molecule has 0 saturated heterocycles. The van der Waals surface area contributed by atoms with E-state index in [0.717, 1.165) is 30.1 Å². The molecule has 0 aromatic rings. The number of nitrogens with one attached hydrogen (secondary N) is 1. The van der Waals surface area contributed by atoms with Gasteiger partial charge in [-0.05, 0) is 31.6 Å². The van der Waals surface area contributed by atoms with E-state index >= 15 is 0 Å². The fourth-order valence-corrected chi connectivity index (χ4v) is 3.26. The van der Waals surface area contributed by atoms with Crippen LogP contribution in [0, 0.1) is 11.8 Å². The van der Waals surface area contributed by atoms with Crippen molar-refractivity contribution in [3.8, 4) is 0 Å². The molecule has 0 radical (unpaired) electrons. The maximum absolute atomic E-state index is 11.7. The van der Waals surface area contributed by atoms with Gasteiger partial charge in [0.25, 0.3) is 0 Å². The topological polar surface area (TPSA) is 86.3 Å². The Morgan fingerprint density at radius 1 is 1.28 bits per heavy atom. The van der Waals surface area contributed by atoms with Crippen LogP contribution >= 0.6 is 22.6 Å². The van der Waals surface area contributed by atoms with Crippen LogP contribution in [-0.4, -0.2) is 35.6 Å². The molecule has 0 unspecified atom stereocenters. The average molecular weight is 397 g/mol. The summed E-state index contributed by atoms with van der Waals surface area (Å²) in [6.45, 7) is -0.0725. The molecule has 1 aliphatic carbocycles. The van der Waals surface area contributed by atoms with Crippen LogP contribution in [0.25, 0.3) is 0 Å². The Labute approximate surface area is 144 Å². The Bertz CT molecular complexity index is 355. The van der Waals surface area contributed by atoms with E-state index in [4.69, 9.17) is 0 Å². The van der Waals surface area contributed by atoms with Gasteiger partial charge in [-0.2, -0.15) is 0 Å². The summed E-state index contributed by atoms with van der Waals surface area (Å²) in [5, 5.41) is 2.52. The van der Waals surface area contributed by atoms with Gasteiger partial charge in [-0.1, -0.05) is 22.6 Å². The number of hydrogen-bond donors (Lipinski definition) is 1. The molecule has 0 spiro atoms. The summed E-state index contributed by atoms with van der Waals surface area (Å²) in [6, 6.07) is 0. The number of carbonyl (C=O) groups is 1. The second-order valence-corrected chi connectivity index (χ2v) is 6.83. The van der Waals surface area contributed by atoms with E-state index in [9.17, 15) is 17.8 Å². The number of halogens is 1. The molecule has 1 fully saturated rings. The minimum absolute atomic E-state index is 0. The van der Waals surface area contributed by atoms with Crippen molar-refractivity contribution in [3.63, 3.8) is 0 Å². The van der Waals surface area contributed by atoms with Crippen molar-refractivity contribution in [2.45, 2.75) is 25.7 Å². The second kappa shape index (κ2) is 9.12. The van der Waals surface area contributed by atoms with Crippen LogP contribution in [0.2, 0.25) is 0 Å². The third kappa shape index (κ3) is 7.64. The number of hydrogen-bond acceptors (Lipinski definition) is 4. The van der Waals surface area contributed by atoms with Crippen LogP contribution < -0.4 is 34.9 Å². The molecule has 1 amide bonds. The van der Waals surface area contributed by atoms with Gasteiger partial charge in [0.1, 0.15) is 0 Å². The van der Waals surface area contributed by atoms with Crippen LogP contribution in [0.4, 0.5) is 0 Å². The van der Waals surface area contributed by atoms with Crippen molar-refractivity contribution in [1.82, 2.24) is 5.32 Å². The second-order valence-electron chi connectivity index (χ2n) is 4.42. The summed E-state index contributed by atoms with van der Waals surface area (Å²) in [6.07, 6.45) is 3.84. The Balaban J connectivity index is 0.00000289. The minimum Gasteiger partial charge on any atom is -0.748 e. The molecule has 0 heterocycles. The minimum atomic E-state index is -4.23. The Hall–Kier alpha value is 1.11. The molecule has 0 bridgehead atoms. The van der Waals surface area contributed by atoms with Crippen molar-refractivity contribution >= 4 is 38.6 Å². The maximum Gasteiger partial charge on any atom is 1.00 e. The van der Waals surface area contributed by atoms with Gasteiger partial charge in [-0.15, -0.1) is 0 Å². The van der Waals surface area contributed by atoms with Crippen molar-refractivity contribution < 1.29 is 47.3 Å². The Kier molecular flexibility index (Phi) is 9.68. The first-order valence-electron chi connectivity index (χ1n) is 5.69. The van der Waals surface area contributed by atoms with Crippen LogP contribution in [0.3, 0.4) is 0 Å². The zero-order valence-electron chi connectivity index (χ0n) is 10.5. The van der Waals surface area contributed by atoms with E-state index in [-0.39, 0.29) is 47.9 Å². The normalized spacial score (nSPS) is 24.1. The Morgan fingerprint density at radius 3 is 2.28 bits per heavy atom. The SMILES string of the molecule is O=C(NCCS(=O)(=O)[O-])C1CCC(CI)CC1.[Na+]. The molecule has 0 aliphatic heterocycles. The van der Waals surface area contributed by atoms with Crippen molar-refractivity contribution in [3.05, 3.63) is 0 Å². The van der Waals surface area contributed by atoms with Crippen molar-refractivity contribution in [2.24, 2.45) is 11.8 Å². The van der Waals surface area contributed by atoms with E-state index in [1.54, 1.807) is 0 Å². The first-order chi connectivity index (χ1) is 7.92. The number of alkyl halides is 1. The van der Waals surface area contributed by atoms with E-state index in [0.29, 0.717) is 5.92 Å². The Morgan fingerprint density at radius 2 is 1.83 bits per heavy atom. The predicted molar refractivity (Wildman–Crippen MR) is 71.9 cm³/mol. The molecule has 0 aromatic heterocycles. The van der Waals surface area contributed by atoms with Gasteiger partial charge in [0.15, 0.2) is 0 Å². The molecular formula is C10H17INNaO4S. The molecule has 18 heavy (non-hydrogen) atoms. The first-order valence-corrected chi connectivity index (χ1v) is 8.80. The number of carbonyl (C=O) groups excluding carboxylic acids is 1. The summed E-state index contributed by atoms with van der Waals surface area (Å²) < 4.78 is 32.2. The van der Waals surface area contributed by atoms with Gasteiger partial charge in [0.2, 0.25) is 5.91 Å². The molecule has 1 aliphatic rings. The first kappa shape index (κ1) is 19.1. The molecule has 5 nitrogen and oxygen atoms in total. The zero-order chi connectivity index (χ0) is 12.9. The van der Waals surface area contributed by atoms with Crippen LogP contribution in [-0.2, 0) is 14.9 Å². The van der Waals surface area contributed by atoms with Crippen molar-refractivity contribution in [2.75, 3.05) is 16.7 Å². The zero-order valence-corrected chi connectivity index (χ0v) is 15.5. The fourth-order valence-electron chi connectivity index (χ4n) is 2.02. The van der Waals surface area contributed by atoms with Crippen LogP contribution in [0.15, 0.2) is 0 Å². The van der Waals surface area contributed by atoms with Gasteiger partial charge >= 0.3 is 29.6 Å². The smallest absolute Gasteiger partial charge is 0.748 e. The van der Waals surface area contributed by atoms with Crippen LogP contribution in [0.5, 0.6) is 0 Å². The fraction of sp³-hybridized carbons (Fsp3) is 0.900. The average Bonchev–Trinajstić information content (AvgIpc) is 2.27.